The fraction of sp³-hybridized carbons (Fsp3) is 0.160. The zero-order valence-electron chi connectivity index (χ0n) is 18.4. The second kappa shape index (κ2) is 10.9. The van der Waals surface area contributed by atoms with E-state index in [1.807, 2.05) is 66.1 Å². The lowest BCUT2D eigenvalue weighted by molar-refractivity contribution is -0.113. The van der Waals surface area contributed by atoms with Crippen molar-refractivity contribution in [2.75, 3.05) is 17.7 Å². The molecule has 0 radical (unpaired) electrons. The van der Waals surface area contributed by atoms with Gasteiger partial charge in [0.25, 0.3) is 0 Å². The first-order valence-electron chi connectivity index (χ1n) is 10.6. The van der Waals surface area contributed by atoms with Crippen molar-refractivity contribution in [3.05, 3.63) is 95.8 Å². The number of nitrogens with one attached hydrogen (secondary N) is 1. The first kappa shape index (κ1) is 23.4. The lowest BCUT2D eigenvalue weighted by Crippen LogP contribution is -2.16. The summed E-state index contributed by atoms with van der Waals surface area (Å²) in [4.78, 5) is 12.4. The van der Waals surface area contributed by atoms with E-state index in [1.54, 1.807) is 0 Å². The summed E-state index contributed by atoms with van der Waals surface area (Å²) in [6, 6.07) is 20.3. The molecule has 3 aromatic carbocycles. The predicted molar refractivity (Wildman–Crippen MR) is 127 cm³/mol. The number of nitrogens with zero attached hydrogens (tertiary/aromatic N) is 3. The molecule has 0 unspecified atom stereocenters. The highest BCUT2D eigenvalue weighted by atomic mass is 32.2. The molecule has 34 heavy (non-hydrogen) atoms. The van der Waals surface area contributed by atoms with Crippen LogP contribution in [0, 0.1) is 11.6 Å². The summed E-state index contributed by atoms with van der Waals surface area (Å²) in [5.74, 6) is -0.437. The summed E-state index contributed by atoms with van der Waals surface area (Å²) in [5.41, 5.74) is 1.68. The summed E-state index contributed by atoms with van der Waals surface area (Å²) < 4.78 is 34.7. The van der Waals surface area contributed by atoms with Gasteiger partial charge in [0.2, 0.25) is 5.91 Å². The molecule has 0 saturated heterocycles. The van der Waals surface area contributed by atoms with Crippen LogP contribution in [-0.2, 0) is 11.2 Å². The number of halogens is 2. The Morgan fingerprint density at radius 2 is 1.79 bits per heavy atom. The molecule has 1 aromatic heterocycles. The Kier molecular flexibility index (Phi) is 7.54. The quantitative estimate of drug-likeness (QED) is 0.331. The minimum Gasteiger partial charge on any atom is -0.494 e. The molecule has 174 valence electrons. The molecule has 0 bridgehead atoms. The van der Waals surface area contributed by atoms with Crippen molar-refractivity contribution < 1.29 is 18.3 Å². The maximum Gasteiger partial charge on any atom is 0.234 e. The highest BCUT2D eigenvalue weighted by molar-refractivity contribution is 7.99. The number of hydrogen-bond donors (Lipinski definition) is 1. The van der Waals surface area contributed by atoms with E-state index in [-0.39, 0.29) is 11.4 Å². The van der Waals surface area contributed by atoms with Gasteiger partial charge in [-0.3, -0.25) is 9.36 Å². The maximum atomic E-state index is 13.9. The highest BCUT2D eigenvalue weighted by Gasteiger charge is 2.17. The molecular weight excluding hydrogens is 458 g/mol. The number of rotatable bonds is 9. The van der Waals surface area contributed by atoms with Crippen molar-refractivity contribution in [1.29, 1.82) is 0 Å². The Labute approximate surface area is 200 Å². The number of ether oxygens (including phenoxy) is 1. The monoisotopic (exact) mass is 480 g/mol. The molecule has 0 aliphatic carbocycles. The Morgan fingerprint density at radius 3 is 2.53 bits per heavy atom. The van der Waals surface area contributed by atoms with E-state index in [0.717, 1.165) is 47.0 Å². The number of carbonyl (C=O) groups is 1. The van der Waals surface area contributed by atoms with Crippen LogP contribution in [0.15, 0.2) is 78.0 Å². The van der Waals surface area contributed by atoms with E-state index in [4.69, 9.17) is 4.74 Å². The van der Waals surface area contributed by atoms with Crippen molar-refractivity contribution in [2.24, 2.45) is 0 Å². The summed E-state index contributed by atoms with van der Waals surface area (Å²) in [5, 5.41) is 11.5. The molecule has 9 heteroatoms. The van der Waals surface area contributed by atoms with Crippen LogP contribution >= 0.6 is 11.8 Å². The minimum atomic E-state index is -0.706. The lowest BCUT2D eigenvalue weighted by atomic mass is 10.1. The third-order valence-electron chi connectivity index (χ3n) is 4.85. The zero-order chi connectivity index (χ0) is 23.9. The Bertz CT molecular complexity index is 1260. The first-order chi connectivity index (χ1) is 16.5. The molecule has 4 aromatic rings. The molecule has 0 aliphatic rings. The molecule has 4 rings (SSSR count). The van der Waals surface area contributed by atoms with Crippen molar-refractivity contribution in [2.45, 2.75) is 18.5 Å². The fourth-order valence-electron chi connectivity index (χ4n) is 3.31. The SMILES string of the molecule is CCOc1ccc(-n2c(Cc3ccccc3)nnc2SCC(=O)Nc2cc(F)ccc2F)cc1. The number of hydrogen-bond acceptors (Lipinski definition) is 5. The van der Waals surface area contributed by atoms with Crippen molar-refractivity contribution >= 4 is 23.4 Å². The van der Waals surface area contributed by atoms with Crippen molar-refractivity contribution in [3.8, 4) is 11.4 Å². The van der Waals surface area contributed by atoms with Crippen LogP contribution in [0.2, 0.25) is 0 Å². The number of thioether (sulfide) groups is 1. The van der Waals surface area contributed by atoms with Gasteiger partial charge in [-0.25, -0.2) is 8.78 Å². The van der Waals surface area contributed by atoms with E-state index >= 15 is 0 Å². The maximum absolute atomic E-state index is 13.9. The van der Waals surface area contributed by atoms with Gasteiger partial charge < -0.3 is 10.1 Å². The van der Waals surface area contributed by atoms with Crippen LogP contribution in [-0.4, -0.2) is 33.0 Å². The Hall–Kier alpha value is -3.72. The molecule has 6 nitrogen and oxygen atoms in total. The molecule has 0 aliphatic heterocycles. The molecule has 1 N–H and O–H groups in total. The molecule has 1 amide bonds. The second-order valence-electron chi connectivity index (χ2n) is 7.28. The first-order valence-corrected chi connectivity index (χ1v) is 11.6. The normalized spacial score (nSPS) is 10.8. The van der Waals surface area contributed by atoms with Gasteiger partial charge in [-0.05, 0) is 48.9 Å². The van der Waals surface area contributed by atoms with Gasteiger partial charge in [-0.2, -0.15) is 0 Å². The van der Waals surface area contributed by atoms with E-state index in [0.29, 0.717) is 24.0 Å². The Morgan fingerprint density at radius 1 is 1.03 bits per heavy atom. The van der Waals surface area contributed by atoms with Crippen molar-refractivity contribution in [1.82, 2.24) is 14.8 Å². The van der Waals surface area contributed by atoms with Crippen molar-refractivity contribution in [3.63, 3.8) is 0 Å². The summed E-state index contributed by atoms with van der Waals surface area (Å²) >= 11 is 1.16. The summed E-state index contributed by atoms with van der Waals surface area (Å²) in [6.07, 6.45) is 0.544. The van der Waals surface area contributed by atoms with Crippen LogP contribution in [0.1, 0.15) is 18.3 Å². The van der Waals surface area contributed by atoms with Crippen LogP contribution < -0.4 is 10.1 Å². The summed E-state index contributed by atoms with van der Waals surface area (Å²) in [7, 11) is 0. The predicted octanol–water partition coefficient (Wildman–Crippen LogP) is 5.27. The van der Waals surface area contributed by atoms with Gasteiger partial charge >= 0.3 is 0 Å². The number of amides is 1. The highest BCUT2D eigenvalue weighted by Crippen LogP contribution is 2.25. The average Bonchev–Trinajstić information content (AvgIpc) is 3.24. The largest absolute Gasteiger partial charge is 0.494 e. The van der Waals surface area contributed by atoms with E-state index in [1.165, 1.54) is 0 Å². The molecule has 1 heterocycles. The fourth-order valence-corrected chi connectivity index (χ4v) is 4.08. The van der Waals surface area contributed by atoms with Gasteiger partial charge in [0.05, 0.1) is 18.0 Å². The van der Waals surface area contributed by atoms with E-state index in [2.05, 4.69) is 15.5 Å². The second-order valence-corrected chi connectivity index (χ2v) is 8.23. The number of anilines is 1. The topological polar surface area (TPSA) is 69.0 Å². The van der Waals surface area contributed by atoms with Gasteiger partial charge in [-0.1, -0.05) is 42.1 Å². The van der Waals surface area contributed by atoms with Crippen LogP contribution in [0.3, 0.4) is 0 Å². The molecule has 0 fully saturated rings. The molecular formula is C25H22F2N4O2S. The average molecular weight is 481 g/mol. The Balaban J connectivity index is 1.56. The molecule has 0 spiro atoms. The number of carbonyl (C=O) groups excluding carboxylic acids is 1. The van der Waals surface area contributed by atoms with E-state index < -0.39 is 17.5 Å². The van der Waals surface area contributed by atoms with Gasteiger partial charge in [-0.15, -0.1) is 10.2 Å². The lowest BCUT2D eigenvalue weighted by Gasteiger charge is -2.12. The van der Waals surface area contributed by atoms with Crippen LogP contribution in [0.4, 0.5) is 14.5 Å². The summed E-state index contributed by atoms with van der Waals surface area (Å²) in [6.45, 7) is 2.48. The van der Waals surface area contributed by atoms with Gasteiger partial charge in [0.15, 0.2) is 5.16 Å². The smallest absolute Gasteiger partial charge is 0.234 e. The van der Waals surface area contributed by atoms with Gasteiger partial charge in [0, 0.05) is 18.2 Å². The number of benzene rings is 3. The third-order valence-corrected chi connectivity index (χ3v) is 5.78. The number of aromatic nitrogens is 3. The minimum absolute atomic E-state index is 0.0591. The van der Waals surface area contributed by atoms with E-state index in [9.17, 15) is 13.6 Å². The molecule has 0 saturated carbocycles. The van der Waals surface area contributed by atoms with Crippen LogP contribution in [0.5, 0.6) is 5.75 Å². The van der Waals surface area contributed by atoms with Gasteiger partial charge in [0.1, 0.15) is 23.2 Å². The standard InChI is InChI=1S/C25H22F2N4O2S/c1-2-33-20-11-9-19(10-12-20)31-23(14-17-6-4-3-5-7-17)29-30-25(31)34-16-24(32)28-22-15-18(26)8-13-21(22)27/h3-13,15H,2,14,16H2,1H3,(H,28,32). The third kappa shape index (κ3) is 5.79. The van der Waals surface area contributed by atoms with Crippen LogP contribution in [0.25, 0.3) is 5.69 Å². The zero-order valence-corrected chi connectivity index (χ0v) is 19.2. The molecule has 0 atom stereocenters.